The lowest BCUT2D eigenvalue weighted by Gasteiger charge is -2.45. The fraction of sp³-hybridized carbons (Fsp3) is 0.259. The van der Waals surface area contributed by atoms with E-state index in [0.717, 1.165) is 53.8 Å². The standard InChI is InChI=1S/C27H29N5O/c28-25-30-26(29)32(27(31-25)15-5-2-6-16-27)23-13-7-11-21(17-23)22-12-8-14-24(18-22)33-19-20-9-3-1-4-10-20/h1,3-4,7-14,17-18H,2,5-6,15-16,19H2,(H4,28,29,30,31). The zero-order valence-electron chi connectivity index (χ0n) is 18.7. The molecular formula is C27H29N5O. The fourth-order valence-corrected chi connectivity index (χ4v) is 4.83. The van der Waals surface area contributed by atoms with Crippen molar-refractivity contribution in [1.29, 1.82) is 0 Å². The van der Waals surface area contributed by atoms with E-state index in [9.17, 15) is 0 Å². The smallest absolute Gasteiger partial charge is 0.220 e. The number of hydrogen-bond acceptors (Lipinski definition) is 6. The highest BCUT2D eigenvalue weighted by Gasteiger charge is 2.42. The second-order valence-corrected chi connectivity index (χ2v) is 8.67. The molecule has 0 saturated heterocycles. The van der Waals surface area contributed by atoms with Crippen LogP contribution in [-0.4, -0.2) is 17.6 Å². The Bertz CT molecular complexity index is 1180. The molecule has 0 radical (unpaired) electrons. The van der Waals surface area contributed by atoms with Crippen molar-refractivity contribution in [3.8, 4) is 16.9 Å². The van der Waals surface area contributed by atoms with Crippen LogP contribution in [0, 0.1) is 0 Å². The number of benzene rings is 3. The van der Waals surface area contributed by atoms with Crippen molar-refractivity contribution < 1.29 is 4.74 Å². The molecule has 4 N–H and O–H groups in total. The number of aliphatic imine (C=N–C) groups is 2. The third kappa shape index (κ3) is 4.42. The largest absolute Gasteiger partial charge is 0.489 e. The summed E-state index contributed by atoms with van der Waals surface area (Å²) in [6.45, 7) is 0.535. The maximum absolute atomic E-state index is 6.41. The van der Waals surface area contributed by atoms with Gasteiger partial charge in [-0.1, -0.05) is 61.0 Å². The van der Waals surface area contributed by atoms with Crippen molar-refractivity contribution in [2.24, 2.45) is 21.5 Å². The molecule has 1 aliphatic heterocycles. The zero-order valence-corrected chi connectivity index (χ0v) is 18.7. The molecule has 33 heavy (non-hydrogen) atoms. The first kappa shape index (κ1) is 21.1. The van der Waals surface area contributed by atoms with E-state index < -0.39 is 5.66 Å². The van der Waals surface area contributed by atoms with Gasteiger partial charge in [0.2, 0.25) is 11.9 Å². The lowest BCUT2D eigenvalue weighted by atomic mass is 9.87. The van der Waals surface area contributed by atoms with E-state index in [1.165, 1.54) is 6.42 Å². The maximum atomic E-state index is 6.41. The summed E-state index contributed by atoms with van der Waals surface area (Å²) in [5.41, 5.74) is 16.3. The van der Waals surface area contributed by atoms with Crippen LogP contribution in [0.15, 0.2) is 88.8 Å². The van der Waals surface area contributed by atoms with Crippen LogP contribution >= 0.6 is 0 Å². The minimum Gasteiger partial charge on any atom is -0.489 e. The monoisotopic (exact) mass is 439 g/mol. The van der Waals surface area contributed by atoms with Gasteiger partial charge in [-0.3, -0.25) is 4.90 Å². The minimum atomic E-state index is -0.451. The summed E-state index contributed by atoms with van der Waals surface area (Å²) in [5, 5.41) is 0. The van der Waals surface area contributed by atoms with E-state index in [1.807, 2.05) is 36.4 Å². The molecule has 1 fully saturated rings. The van der Waals surface area contributed by atoms with Gasteiger partial charge in [0.05, 0.1) is 0 Å². The Morgan fingerprint density at radius 1 is 0.818 bits per heavy atom. The van der Waals surface area contributed by atoms with E-state index in [2.05, 4.69) is 52.4 Å². The summed E-state index contributed by atoms with van der Waals surface area (Å²) in [7, 11) is 0. The molecule has 168 valence electrons. The van der Waals surface area contributed by atoms with Crippen LogP contribution in [0.4, 0.5) is 5.69 Å². The number of anilines is 1. The van der Waals surface area contributed by atoms with Crippen molar-refractivity contribution in [1.82, 2.24) is 0 Å². The van der Waals surface area contributed by atoms with Gasteiger partial charge in [-0.15, -0.1) is 0 Å². The quantitative estimate of drug-likeness (QED) is 0.583. The highest BCUT2D eigenvalue weighted by molar-refractivity contribution is 6.05. The third-order valence-corrected chi connectivity index (χ3v) is 6.37. The Morgan fingerprint density at radius 2 is 1.55 bits per heavy atom. The summed E-state index contributed by atoms with van der Waals surface area (Å²) in [4.78, 5) is 11.1. The fourth-order valence-electron chi connectivity index (χ4n) is 4.83. The van der Waals surface area contributed by atoms with Gasteiger partial charge in [0, 0.05) is 5.69 Å². The predicted octanol–water partition coefficient (Wildman–Crippen LogP) is 5.04. The molecule has 1 heterocycles. The van der Waals surface area contributed by atoms with Crippen LogP contribution in [0.2, 0.25) is 0 Å². The van der Waals surface area contributed by atoms with Crippen molar-refractivity contribution in [3.63, 3.8) is 0 Å². The number of nitrogens with zero attached hydrogens (tertiary/aromatic N) is 3. The van der Waals surface area contributed by atoms with Crippen LogP contribution < -0.4 is 21.1 Å². The van der Waals surface area contributed by atoms with E-state index >= 15 is 0 Å². The topological polar surface area (TPSA) is 89.2 Å². The molecule has 0 aromatic heterocycles. The van der Waals surface area contributed by atoms with Gasteiger partial charge < -0.3 is 16.2 Å². The van der Waals surface area contributed by atoms with Gasteiger partial charge >= 0.3 is 0 Å². The number of ether oxygens (including phenoxy) is 1. The van der Waals surface area contributed by atoms with Crippen LogP contribution in [-0.2, 0) is 6.61 Å². The first-order chi connectivity index (χ1) is 16.1. The van der Waals surface area contributed by atoms with Crippen LogP contribution in [0.5, 0.6) is 5.75 Å². The molecule has 0 amide bonds. The van der Waals surface area contributed by atoms with E-state index in [0.29, 0.717) is 12.6 Å². The first-order valence-electron chi connectivity index (χ1n) is 11.5. The second kappa shape index (κ2) is 8.98. The Morgan fingerprint density at radius 3 is 2.33 bits per heavy atom. The van der Waals surface area contributed by atoms with Gasteiger partial charge in [0.15, 0.2) is 0 Å². The van der Waals surface area contributed by atoms with Crippen molar-refractivity contribution in [2.75, 3.05) is 4.90 Å². The van der Waals surface area contributed by atoms with Gasteiger partial charge in [0.1, 0.15) is 18.0 Å². The number of hydrogen-bond donors (Lipinski definition) is 2. The molecular weight excluding hydrogens is 410 g/mol. The molecule has 6 heteroatoms. The number of rotatable bonds is 5. The molecule has 0 unspecified atom stereocenters. The number of guanidine groups is 2. The average molecular weight is 440 g/mol. The summed E-state index contributed by atoms with van der Waals surface area (Å²) in [6.07, 6.45) is 5.23. The highest BCUT2D eigenvalue weighted by atomic mass is 16.5. The lowest BCUT2D eigenvalue weighted by Crippen LogP contribution is -2.58. The van der Waals surface area contributed by atoms with Crippen LogP contribution in [0.1, 0.15) is 37.7 Å². The summed E-state index contributed by atoms with van der Waals surface area (Å²) in [6, 6.07) is 26.7. The summed E-state index contributed by atoms with van der Waals surface area (Å²) in [5.74, 6) is 1.51. The normalized spacial score (nSPS) is 17.4. The van der Waals surface area contributed by atoms with E-state index in [-0.39, 0.29) is 5.96 Å². The van der Waals surface area contributed by atoms with Crippen LogP contribution in [0.25, 0.3) is 11.1 Å². The highest BCUT2D eigenvalue weighted by Crippen LogP contribution is 2.40. The molecule has 0 bridgehead atoms. The molecule has 6 nitrogen and oxygen atoms in total. The molecule has 1 saturated carbocycles. The van der Waals surface area contributed by atoms with Crippen molar-refractivity contribution in [3.05, 3.63) is 84.4 Å². The third-order valence-electron chi connectivity index (χ3n) is 6.37. The van der Waals surface area contributed by atoms with Crippen molar-refractivity contribution in [2.45, 2.75) is 44.4 Å². The Hall–Kier alpha value is -3.80. The predicted molar refractivity (Wildman–Crippen MR) is 134 cm³/mol. The van der Waals surface area contributed by atoms with Gasteiger partial charge in [-0.25, -0.2) is 4.99 Å². The minimum absolute atomic E-state index is 0.269. The molecule has 3 aromatic rings. The molecule has 3 aromatic carbocycles. The maximum Gasteiger partial charge on any atom is 0.220 e. The van der Waals surface area contributed by atoms with Crippen molar-refractivity contribution >= 4 is 17.6 Å². The molecule has 1 aliphatic carbocycles. The molecule has 5 rings (SSSR count). The molecule has 0 atom stereocenters. The first-order valence-corrected chi connectivity index (χ1v) is 11.5. The van der Waals surface area contributed by atoms with E-state index in [4.69, 9.17) is 21.2 Å². The van der Waals surface area contributed by atoms with Gasteiger partial charge in [0.25, 0.3) is 0 Å². The zero-order chi connectivity index (χ0) is 22.7. The Balaban J connectivity index is 1.43. The Kier molecular flexibility index (Phi) is 5.73. The average Bonchev–Trinajstić information content (AvgIpc) is 2.84. The summed E-state index contributed by atoms with van der Waals surface area (Å²) < 4.78 is 6.04. The lowest BCUT2D eigenvalue weighted by molar-refractivity contribution is 0.305. The second-order valence-electron chi connectivity index (χ2n) is 8.67. The van der Waals surface area contributed by atoms with Gasteiger partial charge in [-0.05, 0) is 66.6 Å². The molecule has 1 spiro atoms. The SMILES string of the molecule is NC1=NC2(CCCCC2)N(c2cccc(-c3cccc(OCc4ccccc4)c3)c2)C(N)=N1. The Labute approximate surface area is 194 Å². The van der Waals surface area contributed by atoms with Crippen LogP contribution in [0.3, 0.4) is 0 Å². The number of nitrogens with two attached hydrogens (primary N) is 2. The summed E-state index contributed by atoms with van der Waals surface area (Å²) >= 11 is 0. The van der Waals surface area contributed by atoms with E-state index in [1.54, 1.807) is 0 Å². The van der Waals surface area contributed by atoms with Gasteiger partial charge in [-0.2, -0.15) is 4.99 Å². The molecule has 2 aliphatic rings.